The van der Waals surface area contributed by atoms with Gasteiger partial charge in [0.05, 0.1) is 12.0 Å². The lowest BCUT2D eigenvalue weighted by Gasteiger charge is -2.06. The van der Waals surface area contributed by atoms with E-state index in [4.69, 9.17) is 5.73 Å². The molecule has 2 aromatic rings. The maximum atomic E-state index is 12.0. The maximum Gasteiger partial charge on any atom is 0.275 e. The molecule has 0 aliphatic heterocycles. The van der Waals surface area contributed by atoms with Crippen molar-refractivity contribution in [2.75, 3.05) is 11.9 Å². The second kappa shape index (κ2) is 5.99. The zero-order valence-electron chi connectivity index (χ0n) is 10.6. The van der Waals surface area contributed by atoms with Crippen LogP contribution in [0, 0.1) is 6.92 Å². The Hall–Kier alpha value is -1.66. The summed E-state index contributed by atoms with van der Waals surface area (Å²) in [5.41, 5.74) is 7.67. The van der Waals surface area contributed by atoms with Crippen LogP contribution in [0.15, 0.2) is 35.2 Å². The predicted molar refractivity (Wildman–Crippen MR) is 78.1 cm³/mol. The van der Waals surface area contributed by atoms with E-state index in [1.54, 1.807) is 17.1 Å². The lowest BCUT2D eigenvalue weighted by atomic mass is 10.2. The van der Waals surface area contributed by atoms with Crippen LogP contribution in [-0.2, 0) is 6.54 Å². The van der Waals surface area contributed by atoms with Gasteiger partial charge in [-0.25, -0.2) is 4.98 Å². The molecule has 3 N–H and O–H groups in total. The number of nitrogens with two attached hydrogens (primary N) is 1. The average molecular weight is 323 g/mol. The molecular formula is C13H15BrN4O. The first-order valence-corrected chi connectivity index (χ1v) is 6.69. The fourth-order valence-corrected chi connectivity index (χ4v) is 2.25. The van der Waals surface area contributed by atoms with E-state index in [0.717, 1.165) is 15.7 Å². The van der Waals surface area contributed by atoms with Crippen LogP contribution < -0.4 is 11.1 Å². The standard InChI is InChI=1S/C13H15BrN4O/c1-9-2-3-11(10(14)6-9)17-13(19)12-7-18(5-4-15)8-16-12/h2-3,6-8H,4-5,15H2,1H3,(H,17,19). The van der Waals surface area contributed by atoms with Gasteiger partial charge < -0.3 is 15.6 Å². The lowest BCUT2D eigenvalue weighted by Crippen LogP contribution is -2.13. The van der Waals surface area contributed by atoms with Crippen molar-refractivity contribution in [1.82, 2.24) is 9.55 Å². The Morgan fingerprint density at radius 2 is 2.32 bits per heavy atom. The Labute approximate surface area is 120 Å². The number of halogens is 1. The van der Waals surface area contributed by atoms with Gasteiger partial charge >= 0.3 is 0 Å². The lowest BCUT2D eigenvalue weighted by molar-refractivity contribution is 0.102. The van der Waals surface area contributed by atoms with Crippen molar-refractivity contribution in [2.45, 2.75) is 13.5 Å². The van der Waals surface area contributed by atoms with Crippen LogP contribution in [-0.4, -0.2) is 22.0 Å². The minimum atomic E-state index is -0.236. The summed E-state index contributed by atoms with van der Waals surface area (Å²) in [7, 11) is 0. The molecule has 5 nitrogen and oxygen atoms in total. The highest BCUT2D eigenvalue weighted by Gasteiger charge is 2.11. The number of aryl methyl sites for hydroxylation is 1. The van der Waals surface area contributed by atoms with E-state index < -0.39 is 0 Å². The first kappa shape index (κ1) is 13.8. The number of hydrogen-bond donors (Lipinski definition) is 2. The summed E-state index contributed by atoms with van der Waals surface area (Å²) in [4.78, 5) is 16.1. The quantitative estimate of drug-likeness (QED) is 0.906. The van der Waals surface area contributed by atoms with E-state index in [2.05, 4.69) is 26.2 Å². The first-order valence-electron chi connectivity index (χ1n) is 5.89. The number of nitrogens with one attached hydrogen (secondary N) is 1. The van der Waals surface area contributed by atoms with Gasteiger partial charge in [-0.2, -0.15) is 0 Å². The number of benzene rings is 1. The molecule has 0 bridgehead atoms. The van der Waals surface area contributed by atoms with E-state index in [0.29, 0.717) is 18.8 Å². The Morgan fingerprint density at radius 3 is 3.00 bits per heavy atom. The molecule has 19 heavy (non-hydrogen) atoms. The third-order valence-corrected chi connectivity index (χ3v) is 3.28. The van der Waals surface area contributed by atoms with Crippen molar-refractivity contribution < 1.29 is 4.79 Å². The summed E-state index contributed by atoms with van der Waals surface area (Å²) in [5, 5.41) is 2.82. The zero-order chi connectivity index (χ0) is 13.8. The molecule has 6 heteroatoms. The minimum absolute atomic E-state index is 0.236. The van der Waals surface area contributed by atoms with Gasteiger partial charge in [0.2, 0.25) is 0 Å². The smallest absolute Gasteiger partial charge is 0.275 e. The Kier molecular flexibility index (Phi) is 4.34. The largest absolute Gasteiger partial charge is 0.335 e. The number of carbonyl (C=O) groups is 1. The molecule has 1 aromatic carbocycles. The number of carbonyl (C=O) groups excluding carboxylic acids is 1. The number of anilines is 1. The average Bonchev–Trinajstić information content (AvgIpc) is 2.82. The molecule has 0 radical (unpaired) electrons. The van der Waals surface area contributed by atoms with Crippen molar-refractivity contribution in [3.8, 4) is 0 Å². The van der Waals surface area contributed by atoms with E-state index in [1.165, 1.54) is 0 Å². The molecule has 0 unspecified atom stereocenters. The Morgan fingerprint density at radius 1 is 1.53 bits per heavy atom. The summed E-state index contributed by atoms with van der Waals surface area (Å²) in [6, 6.07) is 5.74. The highest BCUT2D eigenvalue weighted by Crippen LogP contribution is 2.23. The molecule has 0 spiro atoms. The molecule has 0 aliphatic rings. The molecule has 0 aliphatic carbocycles. The van der Waals surface area contributed by atoms with Crippen LogP contribution in [0.3, 0.4) is 0 Å². The van der Waals surface area contributed by atoms with Crippen molar-refractivity contribution in [1.29, 1.82) is 0 Å². The maximum absolute atomic E-state index is 12.0. The monoisotopic (exact) mass is 322 g/mol. The van der Waals surface area contributed by atoms with E-state index >= 15 is 0 Å². The number of nitrogens with zero attached hydrogens (tertiary/aromatic N) is 2. The minimum Gasteiger partial charge on any atom is -0.335 e. The van der Waals surface area contributed by atoms with Crippen molar-refractivity contribution in [3.05, 3.63) is 46.5 Å². The van der Waals surface area contributed by atoms with E-state index in [-0.39, 0.29) is 5.91 Å². The molecule has 0 atom stereocenters. The molecule has 0 fully saturated rings. The van der Waals surface area contributed by atoms with E-state index in [1.807, 2.05) is 25.1 Å². The number of amides is 1. The number of imidazole rings is 1. The summed E-state index contributed by atoms with van der Waals surface area (Å²) < 4.78 is 2.64. The number of hydrogen-bond acceptors (Lipinski definition) is 3. The topological polar surface area (TPSA) is 72.9 Å². The zero-order valence-corrected chi connectivity index (χ0v) is 12.1. The SMILES string of the molecule is Cc1ccc(NC(=O)c2cn(CCN)cn2)c(Br)c1. The molecule has 0 saturated heterocycles. The summed E-state index contributed by atoms with van der Waals surface area (Å²) in [6.45, 7) is 3.15. The third kappa shape index (κ3) is 3.42. The third-order valence-electron chi connectivity index (χ3n) is 2.63. The molecule has 1 amide bonds. The van der Waals surface area contributed by atoms with Crippen molar-refractivity contribution in [3.63, 3.8) is 0 Å². The summed E-state index contributed by atoms with van der Waals surface area (Å²) in [6.07, 6.45) is 3.29. The Balaban J connectivity index is 2.11. The molecular weight excluding hydrogens is 308 g/mol. The van der Waals surface area contributed by atoms with E-state index in [9.17, 15) is 4.79 Å². The number of rotatable bonds is 4. The van der Waals surface area contributed by atoms with Crippen LogP contribution in [0.2, 0.25) is 0 Å². The van der Waals surface area contributed by atoms with Gasteiger partial charge in [0.15, 0.2) is 0 Å². The summed E-state index contributed by atoms with van der Waals surface area (Å²) >= 11 is 3.42. The van der Waals surface area contributed by atoms with Crippen LogP contribution in [0.25, 0.3) is 0 Å². The molecule has 1 aromatic heterocycles. The Bertz CT molecular complexity index is 594. The van der Waals surface area contributed by atoms with Gasteiger partial charge in [-0.1, -0.05) is 6.07 Å². The van der Waals surface area contributed by atoms with Crippen molar-refractivity contribution in [2.24, 2.45) is 5.73 Å². The van der Waals surface area contributed by atoms with Crippen LogP contribution in [0.5, 0.6) is 0 Å². The first-order chi connectivity index (χ1) is 9.10. The van der Waals surface area contributed by atoms with Crippen LogP contribution in [0.4, 0.5) is 5.69 Å². The van der Waals surface area contributed by atoms with Gasteiger partial charge in [0, 0.05) is 23.8 Å². The highest BCUT2D eigenvalue weighted by atomic mass is 79.9. The van der Waals surface area contributed by atoms with Gasteiger partial charge in [0.1, 0.15) is 5.69 Å². The van der Waals surface area contributed by atoms with Crippen molar-refractivity contribution >= 4 is 27.5 Å². The molecule has 0 saturated carbocycles. The second-order valence-electron chi connectivity index (χ2n) is 4.22. The van der Waals surface area contributed by atoms with Crippen LogP contribution >= 0.6 is 15.9 Å². The highest BCUT2D eigenvalue weighted by molar-refractivity contribution is 9.10. The molecule has 2 rings (SSSR count). The molecule has 1 heterocycles. The number of aromatic nitrogens is 2. The predicted octanol–water partition coefficient (Wildman–Crippen LogP) is 2.17. The second-order valence-corrected chi connectivity index (χ2v) is 5.08. The van der Waals surface area contributed by atoms with Gasteiger partial charge in [-0.3, -0.25) is 4.79 Å². The van der Waals surface area contributed by atoms with Gasteiger partial charge in [-0.15, -0.1) is 0 Å². The fourth-order valence-electron chi connectivity index (χ4n) is 1.66. The van der Waals surface area contributed by atoms with Crippen LogP contribution in [0.1, 0.15) is 16.1 Å². The van der Waals surface area contributed by atoms with Gasteiger partial charge in [0.25, 0.3) is 5.91 Å². The van der Waals surface area contributed by atoms with Gasteiger partial charge in [-0.05, 0) is 40.5 Å². The fraction of sp³-hybridized carbons (Fsp3) is 0.231. The molecule has 100 valence electrons. The summed E-state index contributed by atoms with van der Waals surface area (Å²) in [5.74, 6) is -0.236. The normalized spacial score (nSPS) is 10.5.